The topological polar surface area (TPSA) is 49.4 Å². The molecule has 0 radical (unpaired) electrons. The van der Waals surface area contributed by atoms with Crippen molar-refractivity contribution in [2.24, 2.45) is 0 Å². The molecule has 0 aromatic carbocycles. The van der Waals surface area contributed by atoms with Gasteiger partial charge in [-0.15, -0.1) is 0 Å². The van der Waals surface area contributed by atoms with E-state index in [1.54, 1.807) is 0 Å². The first kappa shape index (κ1) is 14.3. The van der Waals surface area contributed by atoms with E-state index in [4.69, 9.17) is 0 Å². The second-order valence-electron chi connectivity index (χ2n) is 5.78. The number of rotatable bonds is 4. The SMILES string of the molecule is CCC1CCC(C)N1CCC1CS(=O)(=O)CCN1. The summed E-state index contributed by atoms with van der Waals surface area (Å²) in [7, 11) is -2.79. The molecule has 2 fully saturated rings. The van der Waals surface area contributed by atoms with Gasteiger partial charge in [0.1, 0.15) is 0 Å². The van der Waals surface area contributed by atoms with Crippen molar-refractivity contribution < 1.29 is 8.42 Å². The Labute approximate surface area is 111 Å². The summed E-state index contributed by atoms with van der Waals surface area (Å²) in [6.45, 7) is 6.20. The van der Waals surface area contributed by atoms with Gasteiger partial charge in [0, 0.05) is 31.2 Å². The van der Waals surface area contributed by atoms with Crippen molar-refractivity contribution in [2.45, 2.75) is 57.7 Å². The number of likely N-dealkylation sites (tertiary alicyclic amines) is 1. The molecule has 4 nitrogen and oxygen atoms in total. The number of hydrogen-bond donors (Lipinski definition) is 1. The largest absolute Gasteiger partial charge is 0.312 e. The quantitative estimate of drug-likeness (QED) is 0.832. The lowest BCUT2D eigenvalue weighted by Crippen LogP contribution is -2.47. The monoisotopic (exact) mass is 274 g/mol. The summed E-state index contributed by atoms with van der Waals surface area (Å²) in [6.07, 6.45) is 4.75. The molecule has 106 valence electrons. The Hall–Kier alpha value is -0.130. The van der Waals surface area contributed by atoms with E-state index >= 15 is 0 Å². The van der Waals surface area contributed by atoms with Crippen LogP contribution in [0.5, 0.6) is 0 Å². The summed E-state index contributed by atoms with van der Waals surface area (Å²) in [4.78, 5) is 2.57. The fourth-order valence-corrected chi connectivity index (χ4v) is 4.82. The Morgan fingerprint density at radius 3 is 2.78 bits per heavy atom. The Bertz CT molecular complexity index is 369. The molecule has 2 rings (SSSR count). The highest BCUT2D eigenvalue weighted by Crippen LogP contribution is 2.26. The Morgan fingerprint density at radius 1 is 1.33 bits per heavy atom. The molecule has 0 amide bonds. The summed E-state index contributed by atoms with van der Waals surface area (Å²) >= 11 is 0. The van der Waals surface area contributed by atoms with Crippen LogP contribution in [0.25, 0.3) is 0 Å². The number of hydrogen-bond acceptors (Lipinski definition) is 4. The minimum absolute atomic E-state index is 0.161. The molecular weight excluding hydrogens is 248 g/mol. The molecule has 0 aliphatic carbocycles. The maximum absolute atomic E-state index is 11.6. The van der Waals surface area contributed by atoms with E-state index in [1.165, 1.54) is 19.3 Å². The van der Waals surface area contributed by atoms with E-state index in [0.29, 0.717) is 30.1 Å². The van der Waals surface area contributed by atoms with Crippen LogP contribution in [-0.2, 0) is 9.84 Å². The lowest BCUT2D eigenvalue weighted by molar-refractivity contribution is 0.189. The van der Waals surface area contributed by atoms with Crippen molar-refractivity contribution >= 4 is 9.84 Å². The summed E-state index contributed by atoms with van der Waals surface area (Å²) in [5.41, 5.74) is 0. The maximum Gasteiger partial charge on any atom is 0.153 e. The van der Waals surface area contributed by atoms with Gasteiger partial charge in [-0.2, -0.15) is 0 Å². The first-order chi connectivity index (χ1) is 8.52. The Morgan fingerprint density at radius 2 is 2.11 bits per heavy atom. The maximum atomic E-state index is 11.6. The standard InChI is InChI=1S/C13H26N2O2S/c1-3-13-5-4-11(2)15(13)8-6-12-10-18(16,17)9-7-14-12/h11-14H,3-10H2,1-2H3. The smallest absolute Gasteiger partial charge is 0.153 e. The molecule has 3 unspecified atom stereocenters. The molecule has 0 aromatic heterocycles. The molecule has 2 aliphatic rings. The van der Waals surface area contributed by atoms with Crippen molar-refractivity contribution in [1.29, 1.82) is 0 Å². The predicted molar refractivity (Wildman–Crippen MR) is 74.5 cm³/mol. The van der Waals surface area contributed by atoms with E-state index < -0.39 is 9.84 Å². The van der Waals surface area contributed by atoms with E-state index in [1.807, 2.05) is 0 Å². The molecule has 0 saturated carbocycles. The number of nitrogens with one attached hydrogen (secondary N) is 1. The molecule has 0 bridgehead atoms. The van der Waals surface area contributed by atoms with E-state index in [-0.39, 0.29) is 6.04 Å². The second kappa shape index (κ2) is 5.88. The second-order valence-corrected chi connectivity index (χ2v) is 8.01. The molecule has 0 aromatic rings. The van der Waals surface area contributed by atoms with E-state index in [9.17, 15) is 8.42 Å². The lowest BCUT2D eigenvalue weighted by Gasteiger charge is -2.31. The summed E-state index contributed by atoms with van der Waals surface area (Å²) in [6, 6.07) is 1.53. The molecule has 0 spiro atoms. The molecule has 2 aliphatic heterocycles. The zero-order valence-corrected chi connectivity index (χ0v) is 12.4. The van der Waals surface area contributed by atoms with Crippen molar-refractivity contribution in [1.82, 2.24) is 10.2 Å². The van der Waals surface area contributed by atoms with Gasteiger partial charge in [-0.05, 0) is 32.6 Å². The lowest BCUT2D eigenvalue weighted by atomic mass is 10.1. The van der Waals surface area contributed by atoms with Crippen LogP contribution in [0.1, 0.15) is 39.5 Å². The average molecular weight is 274 g/mol. The van der Waals surface area contributed by atoms with Gasteiger partial charge in [0.25, 0.3) is 0 Å². The van der Waals surface area contributed by atoms with Gasteiger partial charge in [0.2, 0.25) is 0 Å². The minimum atomic E-state index is -2.79. The van der Waals surface area contributed by atoms with Gasteiger partial charge in [-0.3, -0.25) is 4.90 Å². The van der Waals surface area contributed by atoms with Crippen LogP contribution >= 0.6 is 0 Å². The third-order valence-electron chi connectivity index (χ3n) is 4.46. The van der Waals surface area contributed by atoms with Gasteiger partial charge >= 0.3 is 0 Å². The van der Waals surface area contributed by atoms with Gasteiger partial charge in [-0.25, -0.2) is 8.42 Å². The average Bonchev–Trinajstić information content (AvgIpc) is 2.66. The molecule has 2 heterocycles. The van der Waals surface area contributed by atoms with E-state index in [0.717, 1.165) is 13.0 Å². The van der Waals surface area contributed by atoms with Crippen LogP contribution in [0, 0.1) is 0 Å². The molecule has 2 saturated heterocycles. The van der Waals surface area contributed by atoms with Crippen molar-refractivity contribution in [3.63, 3.8) is 0 Å². The van der Waals surface area contributed by atoms with Crippen LogP contribution in [0.3, 0.4) is 0 Å². The van der Waals surface area contributed by atoms with Crippen LogP contribution in [0.2, 0.25) is 0 Å². The van der Waals surface area contributed by atoms with Gasteiger partial charge in [-0.1, -0.05) is 6.92 Å². The highest BCUT2D eigenvalue weighted by molar-refractivity contribution is 7.91. The van der Waals surface area contributed by atoms with Crippen LogP contribution < -0.4 is 5.32 Å². The van der Waals surface area contributed by atoms with Gasteiger partial charge < -0.3 is 5.32 Å². The molecule has 1 N–H and O–H groups in total. The molecule has 18 heavy (non-hydrogen) atoms. The summed E-state index contributed by atoms with van der Waals surface area (Å²) in [5, 5.41) is 3.34. The highest BCUT2D eigenvalue weighted by atomic mass is 32.2. The minimum Gasteiger partial charge on any atom is -0.312 e. The fourth-order valence-electron chi connectivity index (χ4n) is 3.32. The number of nitrogens with zero attached hydrogens (tertiary/aromatic N) is 1. The van der Waals surface area contributed by atoms with E-state index in [2.05, 4.69) is 24.1 Å². The molecule has 3 atom stereocenters. The Kier molecular flexibility index (Phi) is 4.67. The zero-order valence-electron chi connectivity index (χ0n) is 11.6. The van der Waals surface area contributed by atoms with Crippen molar-refractivity contribution in [3.05, 3.63) is 0 Å². The van der Waals surface area contributed by atoms with Gasteiger partial charge in [0.05, 0.1) is 11.5 Å². The fraction of sp³-hybridized carbons (Fsp3) is 1.00. The first-order valence-electron chi connectivity index (χ1n) is 7.21. The summed E-state index contributed by atoms with van der Waals surface area (Å²) < 4.78 is 23.2. The normalized spacial score (nSPS) is 36.9. The molecular formula is C13H26N2O2S. The zero-order chi connectivity index (χ0) is 13.2. The van der Waals surface area contributed by atoms with Crippen LogP contribution in [0.4, 0.5) is 0 Å². The van der Waals surface area contributed by atoms with Crippen LogP contribution in [0.15, 0.2) is 0 Å². The first-order valence-corrected chi connectivity index (χ1v) is 9.03. The third-order valence-corrected chi connectivity index (χ3v) is 6.20. The van der Waals surface area contributed by atoms with Crippen molar-refractivity contribution in [3.8, 4) is 0 Å². The van der Waals surface area contributed by atoms with Crippen molar-refractivity contribution in [2.75, 3.05) is 24.6 Å². The number of sulfone groups is 1. The third kappa shape index (κ3) is 3.45. The Balaban J connectivity index is 1.83. The van der Waals surface area contributed by atoms with Gasteiger partial charge in [0.15, 0.2) is 9.84 Å². The van der Waals surface area contributed by atoms with Crippen LogP contribution in [-0.4, -0.2) is 56.0 Å². The predicted octanol–water partition coefficient (Wildman–Crippen LogP) is 1.03. The summed E-state index contributed by atoms with van der Waals surface area (Å²) in [5.74, 6) is 0.632. The highest BCUT2D eigenvalue weighted by Gasteiger charge is 2.30. The molecule has 5 heteroatoms.